The van der Waals surface area contributed by atoms with Crippen molar-refractivity contribution in [3.05, 3.63) is 35.1 Å². The minimum absolute atomic E-state index is 0.127. The predicted molar refractivity (Wildman–Crippen MR) is 69.0 cm³/mol. The SMILES string of the molecule is Cc1cc(C(=O)NC(C)C2CCNC2)ccc1F. The minimum atomic E-state index is -0.278. The number of nitrogens with one attached hydrogen (secondary N) is 2. The van der Waals surface area contributed by atoms with Crippen LogP contribution in [0.4, 0.5) is 4.39 Å². The second-order valence-electron chi connectivity index (χ2n) is 4.98. The zero-order chi connectivity index (χ0) is 13.1. The Hall–Kier alpha value is -1.42. The normalized spacial score (nSPS) is 20.7. The molecule has 0 spiro atoms. The van der Waals surface area contributed by atoms with Crippen molar-refractivity contribution < 1.29 is 9.18 Å². The number of hydrogen-bond donors (Lipinski definition) is 2. The maximum atomic E-state index is 13.1. The molecule has 0 bridgehead atoms. The van der Waals surface area contributed by atoms with Crippen molar-refractivity contribution in [2.45, 2.75) is 26.3 Å². The molecule has 0 aromatic heterocycles. The molecule has 1 aliphatic rings. The molecule has 3 nitrogen and oxygen atoms in total. The molecule has 2 atom stereocenters. The van der Waals surface area contributed by atoms with Crippen LogP contribution in [-0.4, -0.2) is 25.0 Å². The van der Waals surface area contributed by atoms with Gasteiger partial charge in [0, 0.05) is 11.6 Å². The summed E-state index contributed by atoms with van der Waals surface area (Å²) in [7, 11) is 0. The third-order valence-corrected chi connectivity index (χ3v) is 3.58. The number of aryl methyl sites for hydroxylation is 1. The molecule has 1 saturated heterocycles. The van der Waals surface area contributed by atoms with Crippen LogP contribution >= 0.6 is 0 Å². The van der Waals surface area contributed by atoms with Crippen LogP contribution < -0.4 is 10.6 Å². The standard InChI is InChI=1S/C14H19FN2O/c1-9-7-11(3-4-13(9)15)14(18)17-10(2)12-5-6-16-8-12/h3-4,7,10,12,16H,5-6,8H2,1-2H3,(H,17,18). The van der Waals surface area contributed by atoms with Crippen molar-refractivity contribution in [3.8, 4) is 0 Å². The fraction of sp³-hybridized carbons (Fsp3) is 0.500. The van der Waals surface area contributed by atoms with E-state index in [0.29, 0.717) is 17.0 Å². The summed E-state index contributed by atoms with van der Waals surface area (Å²) < 4.78 is 13.1. The molecule has 2 rings (SSSR count). The maximum absolute atomic E-state index is 13.1. The molecule has 1 amide bonds. The highest BCUT2D eigenvalue weighted by Gasteiger charge is 2.22. The Morgan fingerprint density at radius 3 is 2.94 bits per heavy atom. The lowest BCUT2D eigenvalue weighted by Crippen LogP contribution is -2.38. The van der Waals surface area contributed by atoms with Crippen molar-refractivity contribution in [3.63, 3.8) is 0 Å². The van der Waals surface area contributed by atoms with Gasteiger partial charge in [0.15, 0.2) is 0 Å². The van der Waals surface area contributed by atoms with Gasteiger partial charge in [-0.15, -0.1) is 0 Å². The van der Waals surface area contributed by atoms with E-state index in [2.05, 4.69) is 10.6 Å². The van der Waals surface area contributed by atoms with Gasteiger partial charge in [-0.25, -0.2) is 4.39 Å². The molecular weight excluding hydrogens is 231 g/mol. The Morgan fingerprint density at radius 2 is 2.33 bits per heavy atom. The highest BCUT2D eigenvalue weighted by molar-refractivity contribution is 5.94. The molecule has 18 heavy (non-hydrogen) atoms. The number of carbonyl (C=O) groups excluding carboxylic acids is 1. The number of hydrogen-bond acceptors (Lipinski definition) is 2. The molecule has 1 aromatic rings. The van der Waals surface area contributed by atoms with Crippen LogP contribution in [0.1, 0.15) is 29.3 Å². The summed E-state index contributed by atoms with van der Waals surface area (Å²) in [6.45, 7) is 5.65. The van der Waals surface area contributed by atoms with Gasteiger partial charge in [-0.3, -0.25) is 4.79 Å². The zero-order valence-electron chi connectivity index (χ0n) is 10.8. The highest BCUT2D eigenvalue weighted by atomic mass is 19.1. The van der Waals surface area contributed by atoms with Crippen LogP contribution in [0.2, 0.25) is 0 Å². The number of rotatable bonds is 3. The van der Waals surface area contributed by atoms with Gasteiger partial charge in [-0.05, 0) is 63.0 Å². The summed E-state index contributed by atoms with van der Waals surface area (Å²) in [5.41, 5.74) is 1.02. The van der Waals surface area contributed by atoms with E-state index in [9.17, 15) is 9.18 Å². The minimum Gasteiger partial charge on any atom is -0.349 e. The first-order chi connectivity index (χ1) is 8.58. The topological polar surface area (TPSA) is 41.1 Å². The van der Waals surface area contributed by atoms with Crippen LogP contribution in [0.5, 0.6) is 0 Å². The molecule has 1 fully saturated rings. The number of benzene rings is 1. The van der Waals surface area contributed by atoms with Crippen LogP contribution in [0.3, 0.4) is 0 Å². The first-order valence-corrected chi connectivity index (χ1v) is 6.35. The van der Waals surface area contributed by atoms with Crippen LogP contribution in [0.15, 0.2) is 18.2 Å². The lowest BCUT2D eigenvalue weighted by atomic mass is 10.00. The largest absolute Gasteiger partial charge is 0.349 e. The molecule has 1 aliphatic heterocycles. The van der Waals surface area contributed by atoms with E-state index in [-0.39, 0.29) is 17.8 Å². The van der Waals surface area contributed by atoms with E-state index in [0.717, 1.165) is 19.5 Å². The quantitative estimate of drug-likeness (QED) is 0.859. The van der Waals surface area contributed by atoms with Crippen molar-refractivity contribution in [1.29, 1.82) is 0 Å². The van der Waals surface area contributed by atoms with E-state index in [1.165, 1.54) is 12.1 Å². The zero-order valence-corrected chi connectivity index (χ0v) is 10.8. The molecule has 2 unspecified atom stereocenters. The molecule has 0 saturated carbocycles. The molecule has 2 N–H and O–H groups in total. The van der Waals surface area contributed by atoms with Gasteiger partial charge in [0.2, 0.25) is 0 Å². The Kier molecular flexibility index (Phi) is 3.97. The van der Waals surface area contributed by atoms with Crippen molar-refractivity contribution >= 4 is 5.91 Å². The van der Waals surface area contributed by atoms with Crippen molar-refractivity contribution in [2.75, 3.05) is 13.1 Å². The van der Waals surface area contributed by atoms with Gasteiger partial charge in [-0.2, -0.15) is 0 Å². The first-order valence-electron chi connectivity index (χ1n) is 6.35. The average molecular weight is 250 g/mol. The Labute approximate surface area is 107 Å². The van der Waals surface area contributed by atoms with E-state index in [4.69, 9.17) is 0 Å². The fourth-order valence-corrected chi connectivity index (χ4v) is 2.30. The highest BCUT2D eigenvalue weighted by Crippen LogP contribution is 2.14. The van der Waals surface area contributed by atoms with Crippen molar-refractivity contribution in [1.82, 2.24) is 10.6 Å². The Balaban J connectivity index is 2.00. The van der Waals surface area contributed by atoms with Gasteiger partial charge in [0.25, 0.3) is 5.91 Å². The second-order valence-corrected chi connectivity index (χ2v) is 4.98. The van der Waals surface area contributed by atoms with Gasteiger partial charge in [0.05, 0.1) is 0 Å². The van der Waals surface area contributed by atoms with Gasteiger partial charge in [0.1, 0.15) is 5.82 Å². The van der Waals surface area contributed by atoms with Gasteiger partial charge >= 0.3 is 0 Å². The summed E-state index contributed by atoms with van der Waals surface area (Å²) in [6, 6.07) is 4.59. The fourth-order valence-electron chi connectivity index (χ4n) is 2.30. The summed E-state index contributed by atoms with van der Waals surface area (Å²) in [4.78, 5) is 12.0. The lowest BCUT2D eigenvalue weighted by Gasteiger charge is -2.19. The number of halogens is 1. The average Bonchev–Trinajstić information content (AvgIpc) is 2.86. The van der Waals surface area contributed by atoms with Crippen LogP contribution in [0, 0.1) is 18.7 Å². The lowest BCUT2D eigenvalue weighted by molar-refractivity contribution is 0.0928. The monoisotopic (exact) mass is 250 g/mol. The first kappa shape index (κ1) is 13.0. The smallest absolute Gasteiger partial charge is 0.251 e. The third kappa shape index (κ3) is 2.88. The molecular formula is C14H19FN2O. The number of carbonyl (C=O) groups is 1. The third-order valence-electron chi connectivity index (χ3n) is 3.58. The van der Waals surface area contributed by atoms with E-state index >= 15 is 0 Å². The molecule has 0 aliphatic carbocycles. The predicted octanol–water partition coefficient (Wildman–Crippen LogP) is 1.86. The summed E-state index contributed by atoms with van der Waals surface area (Å²) in [5, 5.41) is 6.27. The summed E-state index contributed by atoms with van der Waals surface area (Å²) >= 11 is 0. The molecule has 1 heterocycles. The van der Waals surface area contributed by atoms with Gasteiger partial charge in [-0.1, -0.05) is 0 Å². The Morgan fingerprint density at radius 1 is 1.56 bits per heavy atom. The maximum Gasteiger partial charge on any atom is 0.251 e. The number of amides is 1. The van der Waals surface area contributed by atoms with E-state index < -0.39 is 0 Å². The Bertz CT molecular complexity index is 441. The molecule has 0 radical (unpaired) electrons. The van der Waals surface area contributed by atoms with Gasteiger partial charge < -0.3 is 10.6 Å². The second kappa shape index (κ2) is 5.48. The summed E-state index contributed by atoms with van der Waals surface area (Å²) in [5.74, 6) is 0.0765. The van der Waals surface area contributed by atoms with E-state index in [1.807, 2.05) is 6.92 Å². The summed E-state index contributed by atoms with van der Waals surface area (Å²) in [6.07, 6.45) is 1.09. The molecule has 1 aromatic carbocycles. The molecule has 4 heteroatoms. The van der Waals surface area contributed by atoms with E-state index in [1.54, 1.807) is 13.0 Å². The molecule has 98 valence electrons. The van der Waals surface area contributed by atoms with Crippen molar-refractivity contribution in [2.24, 2.45) is 5.92 Å². The van der Waals surface area contributed by atoms with Crippen LogP contribution in [0.25, 0.3) is 0 Å². The van der Waals surface area contributed by atoms with Crippen LogP contribution in [-0.2, 0) is 0 Å².